The van der Waals surface area contributed by atoms with Crippen molar-refractivity contribution < 1.29 is 9.53 Å². The number of hydrogen-bond acceptors (Lipinski definition) is 3. The van der Waals surface area contributed by atoms with Gasteiger partial charge in [-0.05, 0) is 32.1 Å². The molecule has 1 saturated heterocycles. The molecule has 0 amide bonds. The SMILES string of the molecule is CCCC1(OC(=O)C(C)C2CN2)CCCC1. The van der Waals surface area contributed by atoms with Crippen molar-refractivity contribution in [3.63, 3.8) is 0 Å². The molecular weight excluding hydrogens is 202 g/mol. The fraction of sp³-hybridized carbons (Fsp3) is 0.923. The molecule has 1 saturated carbocycles. The predicted molar refractivity (Wildman–Crippen MR) is 63.2 cm³/mol. The lowest BCUT2D eigenvalue weighted by Gasteiger charge is -2.30. The molecule has 1 aliphatic carbocycles. The molecule has 1 N–H and O–H groups in total. The highest BCUT2D eigenvalue weighted by atomic mass is 16.6. The molecule has 0 spiro atoms. The highest BCUT2D eigenvalue weighted by Gasteiger charge is 2.40. The van der Waals surface area contributed by atoms with Gasteiger partial charge in [-0.25, -0.2) is 0 Å². The molecule has 3 nitrogen and oxygen atoms in total. The van der Waals surface area contributed by atoms with Crippen molar-refractivity contribution >= 4 is 5.97 Å². The smallest absolute Gasteiger partial charge is 0.310 e. The Morgan fingerprint density at radius 3 is 2.62 bits per heavy atom. The van der Waals surface area contributed by atoms with Crippen LogP contribution in [0.1, 0.15) is 52.4 Å². The van der Waals surface area contributed by atoms with Crippen molar-refractivity contribution in [3.05, 3.63) is 0 Å². The van der Waals surface area contributed by atoms with E-state index in [2.05, 4.69) is 12.2 Å². The van der Waals surface area contributed by atoms with Crippen LogP contribution >= 0.6 is 0 Å². The Hall–Kier alpha value is -0.570. The first kappa shape index (κ1) is 11.9. The van der Waals surface area contributed by atoms with E-state index < -0.39 is 0 Å². The van der Waals surface area contributed by atoms with E-state index in [9.17, 15) is 4.79 Å². The van der Waals surface area contributed by atoms with Gasteiger partial charge in [0.05, 0.1) is 5.92 Å². The predicted octanol–water partition coefficient (Wildman–Crippen LogP) is 2.25. The molecule has 0 aromatic heterocycles. The Balaban J connectivity index is 1.91. The lowest BCUT2D eigenvalue weighted by Crippen LogP contribution is -2.35. The quantitative estimate of drug-likeness (QED) is 0.576. The van der Waals surface area contributed by atoms with Crippen LogP contribution in [0.5, 0.6) is 0 Å². The number of nitrogens with one attached hydrogen (secondary N) is 1. The lowest BCUT2D eigenvalue weighted by atomic mass is 9.95. The second-order valence-electron chi connectivity index (χ2n) is 5.36. The van der Waals surface area contributed by atoms with Crippen LogP contribution in [0.4, 0.5) is 0 Å². The van der Waals surface area contributed by atoms with E-state index in [4.69, 9.17) is 4.74 Å². The average Bonchev–Trinajstić information content (AvgIpc) is 3.01. The molecule has 2 unspecified atom stereocenters. The lowest BCUT2D eigenvalue weighted by molar-refractivity contribution is -0.164. The summed E-state index contributed by atoms with van der Waals surface area (Å²) < 4.78 is 5.82. The monoisotopic (exact) mass is 225 g/mol. The van der Waals surface area contributed by atoms with Gasteiger partial charge in [0.15, 0.2) is 0 Å². The zero-order valence-electron chi connectivity index (χ0n) is 10.4. The van der Waals surface area contributed by atoms with Crippen LogP contribution in [-0.2, 0) is 9.53 Å². The van der Waals surface area contributed by atoms with Gasteiger partial charge in [-0.1, -0.05) is 20.3 Å². The van der Waals surface area contributed by atoms with Crippen LogP contribution in [0.3, 0.4) is 0 Å². The van der Waals surface area contributed by atoms with Gasteiger partial charge in [0.1, 0.15) is 5.60 Å². The topological polar surface area (TPSA) is 48.2 Å². The summed E-state index contributed by atoms with van der Waals surface area (Å²) in [6.45, 7) is 5.11. The van der Waals surface area contributed by atoms with Crippen molar-refractivity contribution in [2.24, 2.45) is 5.92 Å². The molecule has 0 bridgehead atoms. The van der Waals surface area contributed by atoms with Gasteiger partial charge >= 0.3 is 5.97 Å². The molecule has 16 heavy (non-hydrogen) atoms. The molecule has 92 valence electrons. The minimum absolute atomic E-state index is 0.00495. The van der Waals surface area contributed by atoms with E-state index in [1.54, 1.807) is 0 Å². The Kier molecular flexibility index (Phi) is 3.53. The van der Waals surface area contributed by atoms with Crippen molar-refractivity contribution in [2.45, 2.75) is 64.0 Å². The number of carbonyl (C=O) groups is 1. The normalized spacial score (nSPS) is 28.8. The number of rotatable bonds is 5. The summed E-state index contributed by atoms with van der Waals surface area (Å²) in [5, 5.41) is 3.18. The molecule has 0 aromatic rings. The standard InChI is InChI=1S/C13H23NO2/c1-3-6-13(7-4-5-8-13)16-12(15)10(2)11-9-14-11/h10-11,14H,3-9H2,1-2H3. The molecule has 2 fully saturated rings. The van der Waals surface area contributed by atoms with Crippen molar-refractivity contribution in [2.75, 3.05) is 6.54 Å². The summed E-state index contributed by atoms with van der Waals surface area (Å²) in [6, 6.07) is 0.368. The minimum atomic E-state index is -0.116. The molecule has 2 atom stereocenters. The maximum absolute atomic E-state index is 12.0. The van der Waals surface area contributed by atoms with Gasteiger partial charge in [0.25, 0.3) is 0 Å². The van der Waals surface area contributed by atoms with Crippen molar-refractivity contribution in [3.8, 4) is 0 Å². The van der Waals surface area contributed by atoms with Crippen LogP contribution in [-0.4, -0.2) is 24.2 Å². The second kappa shape index (κ2) is 4.74. The Bertz CT molecular complexity index is 255. The van der Waals surface area contributed by atoms with E-state index in [0.717, 1.165) is 32.2 Å². The molecular formula is C13H23NO2. The summed E-state index contributed by atoms with van der Waals surface area (Å²) >= 11 is 0. The third-order valence-corrected chi connectivity index (χ3v) is 3.95. The van der Waals surface area contributed by atoms with Gasteiger partial charge < -0.3 is 10.1 Å². The van der Waals surface area contributed by atoms with Crippen LogP contribution in [0.25, 0.3) is 0 Å². The van der Waals surface area contributed by atoms with Crippen molar-refractivity contribution in [1.82, 2.24) is 5.32 Å². The van der Waals surface area contributed by atoms with Crippen LogP contribution in [0, 0.1) is 5.92 Å². The third kappa shape index (κ3) is 2.57. The molecule has 2 aliphatic rings. The Labute approximate surface area is 97.9 Å². The Morgan fingerprint density at radius 1 is 1.50 bits per heavy atom. The first-order chi connectivity index (χ1) is 7.67. The molecule has 0 aromatic carbocycles. The van der Waals surface area contributed by atoms with Crippen LogP contribution < -0.4 is 5.32 Å². The molecule has 3 heteroatoms. The molecule has 2 rings (SSSR count). The largest absolute Gasteiger partial charge is 0.459 e. The first-order valence-electron chi connectivity index (χ1n) is 6.63. The van der Waals surface area contributed by atoms with Gasteiger partial charge in [-0.3, -0.25) is 4.79 Å². The minimum Gasteiger partial charge on any atom is -0.459 e. The highest BCUT2D eigenvalue weighted by Crippen LogP contribution is 2.38. The summed E-state index contributed by atoms with van der Waals surface area (Å²) in [7, 11) is 0. The fourth-order valence-corrected chi connectivity index (χ4v) is 2.77. The van der Waals surface area contributed by atoms with Gasteiger partial charge in [0.2, 0.25) is 0 Å². The molecule has 1 aliphatic heterocycles. The number of hydrogen-bond donors (Lipinski definition) is 1. The zero-order chi connectivity index (χ0) is 11.6. The van der Waals surface area contributed by atoms with Gasteiger partial charge in [-0.2, -0.15) is 0 Å². The summed E-state index contributed by atoms with van der Waals surface area (Å²) in [5.74, 6) is 0.0275. The average molecular weight is 225 g/mol. The first-order valence-corrected chi connectivity index (χ1v) is 6.63. The number of carbonyl (C=O) groups excluding carboxylic acids is 1. The number of esters is 1. The third-order valence-electron chi connectivity index (χ3n) is 3.95. The van der Waals surface area contributed by atoms with E-state index in [0.29, 0.717) is 6.04 Å². The zero-order valence-corrected chi connectivity index (χ0v) is 10.4. The maximum Gasteiger partial charge on any atom is 0.310 e. The maximum atomic E-state index is 12.0. The number of ether oxygens (including phenoxy) is 1. The molecule has 1 heterocycles. The summed E-state index contributed by atoms with van der Waals surface area (Å²) in [4.78, 5) is 12.0. The molecule has 0 radical (unpaired) electrons. The van der Waals surface area contributed by atoms with E-state index >= 15 is 0 Å². The summed E-state index contributed by atoms with van der Waals surface area (Å²) in [6.07, 6.45) is 6.69. The van der Waals surface area contributed by atoms with Crippen LogP contribution in [0.15, 0.2) is 0 Å². The van der Waals surface area contributed by atoms with E-state index in [-0.39, 0.29) is 17.5 Å². The van der Waals surface area contributed by atoms with E-state index in [1.165, 1.54) is 12.8 Å². The van der Waals surface area contributed by atoms with Gasteiger partial charge in [0, 0.05) is 12.6 Å². The van der Waals surface area contributed by atoms with Gasteiger partial charge in [-0.15, -0.1) is 0 Å². The summed E-state index contributed by atoms with van der Waals surface area (Å²) in [5.41, 5.74) is -0.116. The van der Waals surface area contributed by atoms with E-state index in [1.807, 2.05) is 6.92 Å². The highest BCUT2D eigenvalue weighted by molar-refractivity contribution is 5.74. The fourth-order valence-electron chi connectivity index (χ4n) is 2.77. The Morgan fingerprint density at radius 2 is 2.12 bits per heavy atom. The van der Waals surface area contributed by atoms with Crippen molar-refractivity contribution in [1.29, 1.82) is 0 Å². The van der Waals surface area contributed by atoms with Crippen LogP contribution in [0.2, 0.25) is 0 Å². The second-order valence-corrected chi connectivity index (χ2v) is 5.36.